The van der Waals surface area contributed by atoms with Crippen LogP contribution in [0.3, 0.4) is 0 Å². The molecule has 0 aliphatic rings. The topological polar surface area (TPSA) is 49.8 Å². The fourth-order valence-corrected chi connectivity index (χ4v) is 1.82. The van der Waals surface area contributed by atoms with Gasteiger partial charge in [0.05, 0.1) is 19.6 Å². The van der Waals surface area contributed by atoms with Crippen LogP contribution >= 0.6 is 23.2 Å². The average Bonchev–Trinajstić information content (AvgIpc) is 2.26. The Morgan fingerprint density at radius 1 is 1.41 bits per heavy atom. The van der Waals surface area contributed by atoms with E-state index in [9.17, 15) is 9.90 Å². The van der Waals surface area contributed by atoms with Crippen LogP contribution in [0.5, 0.6) is 0 Å². The zero-order valence-corrected chi connectivity index (χ0v) is 11.0. The molecular formula is C11H13Cl2NO3. The van der Waals surface area contributed by atoms with Crippen LogP contribution in [0.1, 0.15) is 18.1 Å². The second-order valence-corrected chi connectivity index (χ2v) is 4.37. The predicted octanol–water partition coefficient (Wildman–Crippen LogP) is 2.44. The molecule has 0 fully saturated rings. The minimum absolute atomic E-state index is 0.0962. The Labute approximate surface area is 110 Å². The summed E-state index contributed by atoms with van der Waals surface area (Å²) in [6, 6.07) is 4.69. The van der Waals surface area contributed by atoms with Crippen molar-refractivity contribution in [2.45, 2.75) is 12.5 Å². The van der Waals surface area contributed by atoms with Gasteiger partial charge in [-0.2, -0.15) is 0 Å². The van der Waals surface area contributed by atoms with Crippen molar-refractivity contribution in [1.29, 1.82) is 0 Å². The summed E-state index contributed by atoms with van der Waals surface area (Å²) in [6.45, 7) is 0. The van der Waals surface area contributed by atoms with Gasteiger partial charge in [0.15, 0.2) is 0 Å². The third-order valence-corrected chi connectivity index (χ3v) is 2.70. The van der Waals surface area contributed by atoms with Crippen LogP contribution in [0.25, 0.3) is 0 Å². The highest BCUT2D eigenvalue weighted by atomic mass is 35.5. The van der Waals surface area contributed by atoms with E-state index in [1.807, 2.05) is 0 Å². The lowest BCUT2D eigenvalue weighted by Gasteiger charge is -2.16. The van der Waals surface area contributed by atoms with Gasteiger partial charge in [0.25, 0.3) is 0 Å². The second kappa shape index (κ2) is 6.21. The van der Waals surface area contributed by atoms with Crippen LogP contribution in [0, 0.1) is 0 Å². The highest BCUT2D eigenvalue weighted by molar-refractivity contribution is 6.34. The molecule has 1 aromatic carbocycles. The highest BCUT2D eigenvalue weighted by Gasteiger charge is 2.17. The van der Waals surface area contributed by atoms with E-state index in [0.29, 0.717) is 15.6 Å². The van der Waals surface area contributed by atoms with Gasteiger partial charge in [-0.1, -0.05) is 23.2 Å². The Bertz CT molecular complexity index is 391. The van der Waals surface area contributed by atoms with Gasteiger partial charge in [-0.15, -0.1) is 0 Å². The molecule has 0 bridgehead atoms. The van der Waals surface area contributed by atoms with Crippen molar-refractivity contribution in [3.63, 3.8) is 0 Å². The minimum atomic E-state index is -0.962. The van der Waals surface area contributed by atoms with Crippen molar-refractivity contribution in [2.24, 2.45) is 0 Å². The standard InChI is InChI=1S/C11H13Cl2NO3/c1-14(17-2)11(16)6-10(15)7-3-8(12)5-9(13)4-7/h3-5,10,15H,6H2,1-2H3. The zero-order valence-electron chi connectivity index (χ0n) is 9.48. The Balaban J connectivity index is 2.76. The summed E-state index contributed by atoms with van der Waals surface area (Å²) in [6.07, 6.45) is -1.06. The van der Waals surface area contributed by atoms with Gasteiger partial charge in [0, 0.05) is 17.1 Å². The lowest BCUT2D eigenvalue weighted by molar-refractivity contribution is -0.170. The molecule has 1 N–H and O–H groups in total. The number of hydrogen-bond donors (Lipinski definition) is 1. The van der Waals surface area contributed by atoms with Crippen LogP contribution in [-0.4, -0.2) is 30.2 Å². The quantitative estimate of drug-likeness (QED) is 0.860. The van der Waals surface area contributed by atoms with E-state index in [2.05, 4.69) is 0 Å². The molecule has 6 heteroatoms. The molecule has 0 heterocycles. The summed E-state index contributed by atoms with van der Waals surface area (Å²) in [5.41, 5.74) is 0.500. The van der Waals surface area contributed by atoms with Crippen LogP contribution in [0.15, 0.2) is 18.2 Å². The van der Waals surface area contributed by atoms with Crippen molar-refractivity contribution in [1.82, 2.24) is 5.06 Å². The van der Waals surface area contributed by atoms with Gasteiger partial charge in [0.2, 0.25) is 5.91 Å². The summed E-state index contributed by atoms with van der Waals surface area (Å²) in [4.78, 5) is 16.2. The number of carbonyl (C=O) groups excluding carboxylic acids is 1. The Morgan fingerprint density at radius 3 is 2.41 bits per heavy atom. The monoisotopic (exact) mass is 277 g/mol. The number of rotatable bonds is 4. The molecule has 0 saturated heterocycles. The summed E-state index contributed by atoms with van der Waals surface area (Å²) >= 11 is 11.6. The van der Waals surface area contributed by atoms with Gasteiger partial charge in [-0.05, 0) is 23.8 Å². The number of halogens is 2. The lowest BCUT2D eigenvalue weighted by Crippen LogP contribution is -2.26. The molecular weight excluding hydrogens is 265 g/mol. The van der Waals surface area contributed by atoms with E-state index in [-0.39, 0.29) is 12.3 Å². The summed E-state index contributed by atoms with van der Waals surface area (Å²) in [5.74, 6) is -0.337. The number of nitrogens with zero attached hydrogens (tertiary/aromatic N) is 1. The van der Waals surface area contributed by atoms with E-state index in [1.54, 1.807) is 18.2 Å². The first kappa shape index (κ1) is 14.3. The molecule has 0 aromatic heterocycles. The number of aliphatic hydroxyl groups is 1. The second-order valence-electron chi connectivity index (χ2n) is 3.50. The molecule has 1 atom stereocenters. The maximum Gasteiger partial charge on any atom is 0.248 e. The summed E-state index contributed by atoms with van der Waals surface area (Å²) < 4.78 is 0. The number of benzene rings is 1. The minimum Gasteiger partial charge on any atom is -0.388 e. The molecule has 0 aliphatic heterocycles. The predicted molar refractivity (Wildman–Crippen MR) is 65.8 cm³/mol. The van der Waals surface area contributed by atoms with Gasteiger partial charge in [-0.25, -0.2) is 5.06 Å². The molecule has 94 valence electrons. The van der Waals surface area contributed by atoms with Crippen LogP contribution < -0.4 is 0 Å². The van der Waals surface area contributed by atoms with E-state index >= 15 is 0 Å². The first-order chi connectivity index (χ1) is 7.93. The third kappa shape index (κ3) is 4.16. The normalized spacial score (nSPS) is 12.3. The van der Waals surface area contributed by atoms with Crippen molar-refractivity contribution in [3.05, 3.63) is 33.8 Å². The van der Waals surface area contributed by atoms with Crippen molar-refractivity contribution >= 4 is 29.1 Å². The summed E-state index contributed by atoms with van der Waals surface area (Å²) in [7, 11) is 2.85. The maximum absolute atomic E-state index is 11.5. The first-order valence-corrected chi connectivity index (χ1v) is 5.64. The average molecular weight is 278 g/mol. The Kier molecular flexibility index (Phi) is 5.21. The van der Waals surface area contributed by atoms with Gasteiger partial charge in [-0.3, -0.25) is 9.63 Å². The lowest BCUT2D eigenvalue weighted by atomic mass is 10.1. The van der Waals surface area contributed by atoms with Gasteiger partial charge < -0.3 is 5.11 Å². The number of hydrogen-bond acceptors (Lipinski definition) is 3. The van der Waals surface area contributed by atoms with Gasteiger partial charge in [0.1, 0.15) is 0 Å². The third-order valence-electron chi connectivity index (χ3n) is 2.26. The van der Waals surface area contributed by atoms with E-state index in [4.69, 9.17) is 28.0 Å². The van der Waals surface area contributed by atoms with E-state index in [1.165, 1.54) is 14.2 Å². The highest BCUT2D eigenvalue weighted by Crippen LogP contribution is 2.25. The smallest absolute Gasteiger partial charge is 0.248 e. The molecule has 4 nitrogen and oxygen atoms in total. The van der Waals surface area contributed by atoms with Crippen molar-refractivity contribution < 1.29 is 14.7 Å². The molecule has 17 heavy (non-hydrogen) atoms. The largest absolute Gasteiger partial charge is 0.388 e. The number of hydroxylamine groups is 2. The molecule has 1 aromatic rings. The molecule has 0 saturated carbocycles. The maximum atomic E-state index is 11.5. The Morgan fingerprint density at radius 2 is 1.94 bits per heavy atom. The SMILES string of the molecule is CON(C)C(=O)CC(O)c1cc(Cl)cc(Cl)c1. The molecule has 0 spiro atoms. The van der Waals surface area contributed by atoms with Gasteiger partial charge >= 0.3 is 0 Å². The first-order valence-electron chi connectivity index (χ1n) is 4.88. The molecule has 1 amide bonds. The van der Waals surface area contributed by atoms with Crippen LogP contribution in [0.4, 0.5) is 0 Å². The number of amides is 1. The number of carbonyl (C=O) groups is 1. The summed E-state index contributed by atoms with van der Waals surface area (Å²) in [5, 5.41) is 11.7. The fourth-order valence-electron chi connectivity index (χ4n) is 1.28. The molecule has 1 unspecified atom stereocenters. The molecule has 0 radical (unpaired) electrons. The van der Waals surface area contributed by atoms with Crippen LogP contribution in [0.2, 0.25) is 10.0 Å². The molecule has 1 rings (SSSR count). The molecule has 0 aliphatic carbocycles. The fraction of sp³-hybridized carbons (Fsp3) is 0.364. The van der Waals surface area contributed by atoms with E-state index < -0.39 is 6.10 Å². The van der Waals surface area contributed by atoms with E-state index in [0.717, 1.165) is 5.06 Å². The van der Waals surface area contributed by atoms with Crippen molar-refractivity contribution in [2.75, 3.05) is 14.2 Å². The Hall–Kier alpha value is -0.810. The van der Waals surface area contributed by atoms with Crippen LogP contribution in [-0.2, 0) is 9.63 Å². The zero-order chi connectivity index (χ0) is 13.0. The van der Waals surface area contributed by atoms with Crippen molar-refractivity contribution in [3.8, 4) is 0 Å². The number of aliphatic hydroxyl groups excluding tert-OH is 1.